The van der Waals surface area contributed by atoms with Gasteiger partial charge in [0.25, 0.3) is 0 Å². The fourth-order valence-electron chi connectivity index (χ4n) is 1.59. The maximum absolute atomic E-state index is 11.1. The van der Waals surface area contributed by atoms with Crippen LogP contribution >= 0.6 is 0 Å². The maximum Gasteiger partial charge on any atom is 0.339 e. The van der Waals surface area contributed by atoms with E-state index in [0.29, 0.717) is 11.6 Å². The number of rotatable bonds is 4. The van der Waals surface area contributed by atoms with Crippen molar-refractivity contribution in [3.05, 3.63) is 41.5 Å². The number of benzene rings is 1. The van der Waals surface area contributed by atoms with Crippen molar-refractivity contribution in [1.82, 2.24) is 14.8 Å². The zero-order chi connectivity index (χ0) is 13.1. The van der Waals surface area contributed by atoms with Crippen LogP contribution in [-0.4, -0.2) is 25.8 Å². The number of ether oxygens (including phenoxy) is 1. The molecule has 1 aromatic heterocycles. The lowest BCUT2D eigenvalue weighted by Gasteiger charge is -2.11. The number of aryl methyl sites for hydroxylation is 2. The van der Waals surface area contributed by atoms with Crippen LogP contribution in [0.3, 0.4) is 0 Å². The smallest absolute Gasteiger partial charge is 0.339 e. The van der Waals surface area contributed by atoms with E-state index >= 15 is 0 Å². The van der Waals surface area contributed by atoms with Gasteiger partial charge in [0.2, 0.25) is 0 Å². The number of carboxylic acid groups (broad SMARTS) is 1. The van der Waals surface area contributed by atoms with Crippen molar-refractivity contribution in [2.24, 2.45) is 7.05 Å². The number of carboxylic acids is 1. The van der Waals surface area contributed by atoms with Gasteiger partial charge in [-0.1, -0.05) is 12.1 Å². The quantitative estimate of drug-likeness (QED) is 0.883. The van der Waals surface area contributed by atoms with Gasteiger partial charge in [0.05, 0.1) is 0 Å². The molecule has 0 atom stereocenters. The average Bonchev–Trinajstić information content (AvgIpc) is 2.73. The molecule has 94 valence electrons. The van der Waals surface area contributed by atoms with Gasteiger partial charge in [-0.3, -0.25) is 0 Å². The monoisotopic (exact) mass is 247 g/mol. The lowest BCUT2D eigenvalue weighted by molar-refractivity contribution is 0.0691. The van der Waals surface area contributed by atoms with E-state index in [9.17, 15) is 4.79 Å². The summed E-state index contributed by atoms with van der Waals surface area (Å²) in [5.41, 5.74) is 0.925. The van der Waals surface area contributed by atoms with Crippen molar-refractivity contribution in [2.75, 3.05) is 0 Å². The molecule has 1 N–H and O–H groups in total. The lowest BCUT2D eigenvalue weighted by atomic mass is 10.1. The Labute approximate surface area is 104 Å². The first-order valence-electron chi connectivity index (χ1n) is 5.38. The van der Waals surface area contributed by atoms with E-state index < -0.39 is 5.97 Å². The summed E-state index contributed by atoms with van der Waals surface area (Å²) in [5, 5.41) is 16.7. The first-order valence-corrected chi connectivity index (χ1v) is 5.38. The molecule has 1 aromatic carbocycles. The van der Waals surface area contributed by atoms with E-state index in [2.05, 4.69) is 10.2 Å². The zero-order valence-electron chi connectivity index (χ0n) is 10.1. The molecule has 0 saturated heterocycles. The van der Waals surface area contributed by atoms with Gasteiger partial charge in [0.15, 0.2) is 5.82 Å². The second kappa shape index (κ2) is 4.87. The number of aromatic nitrogens is 3. The Morgan fingerprint density at radius 3 is 2.89 bits per heavy atom. The van der Waals surface area contributed by atoms with E-state index in [1.54, 1.807) is 37.0 Å². The normalized spacial score (nSPS) is 10.3. The highest BCUT2D eigenvalue weighted by Gasteiger charge is 2.14. The van der Waals surface area contributed by atoms with Crippen molar-refractivity contribution >= 4 is 5.97 Å². The van der Waals surface area contributed by atoms with Crippen molar-refractivity contribution in [1.29, 1.82) is 0 Å². The van der Waals surface area contributed by atoms with E-state index in [1.165, 1.54) is 6.07 Å². The predicted octanol–water partition coefficient (Wildman–Crippen LogP) is 1.40. The Kier molecular flexibility index (Phi) is 3.27. The molecule has 0 aliphatic rings. The minimum atomic E-state index is -1.01. The van der Waals surface area contributed by atoms with E-state index in [4.69, 9.17) is 9.84 Å². The molecule has 2 rings (SSSR count). The van der Waals surface area contributed by atoms with Gasteiger partial charge >= 0.3 is 5.97 Å². The molecular weight excluding hydrogens is 234 g/mol. The van der Waals surface area contributed by atoms with Crippen LogP contribution in [0.1, 0.15) is 21.7 Å². The van der Waals surface area contributed by atoms with Crippen LogP contribution in [0, 0.1) is 6.92 Å². The molecular formula is C12H13N3O3. The lowest BCUT2D eigenvalue weighted by Crippen LogP contribution is -2.07. The Hall–Kier alpha value is -2.37. The molecule has 0 aliphatic heterocycles. The van der Waals surface area contributed by atoms with Gasteiger partial charge < -0.3 is 14.4 Å². The van der Waals surface area contributed by atoms with Crippen LogP contribution in [0.25, 0.3) is 0 Å². The predicted molar refractivity (Wildman–Crippen MR) is 63.5 cm³/mol. The molecule has 0 aliphatic carbocycles. The van der Waals surface area contributed by atoms with Crippen LogP contribution in [-0.2, 0) is 13.7 Å². The van der Waals surface area contributed by atoms with E-state index in [1.807, 2.05) is 0 Å². The molecule has 0 unspecified atom stereocenters. The molecule has 0 radical (unpaired) electrons. The molecule has 6 heteroatoms. The summed E-state index contributed by atoms with van der Waals surface area (Å²) >= 11 is 0. The van der Waals surface area contributed by atoms with Crippen molar-refractivity contribution in [3.63, 3.8) is 0 Å². The summed E-state index contributed by atoms with van der Waals surface area (Å²) in [6, 6.07) is 5.01. The number of carbonyl (C=O) groups is 1. The second-order valence-corrected chi connectivity index (χ2v) is 3.90. The van der Waals surface area contributed by atoms with Crippen LogP contribution in [0.5, 0.6) is 5.75 Å². The highest BCUT2D eigenvalue weighted by Crippen LogP contribution is 2.24. The minimum absolute atomic E-state index is 0.150. The first kappa shape index (κ1) is 12.1. The zero-order valence-corrected chi connectivity index (χ0v) is 10.1. The molecule has 0 spiro atoms. The second-order valence-electron chi connectivity index (χ2n) is 3.90. The summed E-state index contributed by atoms with van der Waals surface area (Å²) in [6.07, 6.45) is 1.56. The van der Waals surface area contributed by atoms with Gasteiger partial charge in [-0.25, -0.2) is 4.79 Å². The molecule has 2 aromatic rings. The minimum Gasteiger partial charge on any atom is -0.484 e. The molecule has 0 amide bonds. The largest absolute Gasteiger partial charge is 0.484 e. The Morgan fingerprint density at radius 2 is 2.28 bits per heavy atom. The molecule has 0 bridgehead atoms. The SMILES string of the molecule is Cc1cccc(C(=O)O)c1OCc1nncn1C. The van der Waals surface area contributed by atoms with Gasteiger partial charge in [-0.15, -0.1) is 10.2 Å². The van der Waals surface area contributed by atoms with Gasteiger partial charge in [0, 0.05) is 7.05 Å². The highest BCUT2D eigenvalue weighted by molar-refractivity contribution is 5.91. The van der Waals surface area contributed by atoms with E-state index in [-0.39, 0.29) is 12.2 Å². The van der Waals surface area contributed by atoms with Crippen LogP contribution in [0.4, 0.5) is 0 Å². The van der Waals surface area contributed by atoms with Gasteiger partial charge in [-0.05, 0) is 18.6 Å². The van der Waals surface area contributed by atoms with Crippen LogP contribution < -0.4 is 4.74 Å². The van der Waals surface area contributed by atoms with Crippen LogP contribution in [0.15, 0.2) is 24.5 Å². The Morgan fingerprint density at radius 1 is 1.50 bits per heavy atom. The highest BCUT2D eigenvalue weighted by atomic mass is 16.5. The molecule has 0 fully saturated rings. The molecule has 1 heterocycles. The van der Waals surface area contributed by atoms with Crippen molar-refractivity contribution < 1.29 is 14.6 Å². The summed E-state index contributed by atoms with van der Waals surface area (Å²) in [7, 11) is 1.80. The average molecular weight is 247 g/mol. The third kappa shape index (κ3) is 2.32. The Bertz CT molecular complexity index is 578. The van der Waals surface area contributed by atoms with Crippen LogP contribution in [0.2, 0.25) is 0 Å². The number of hydrogen-bond acceptors (Lipinski definition) is 4. The van der Waals surface area contributed by atoms with E-state index in [0.717, 1.165) is 5.56 Å². The van der Waals surface area contributed by atoms with Gasteiger partial charge in [-0.2, -0.15) is 0 Å². The number of aromatic carboxylic acids is 1. The maximum atomic E-state index is 11.1. The van der Waals surface area contributed by atoms with Crippen molar-refractivity contribution in [3.8, 4) is 5.75 Å². The number of nitrogens with zero attached hydrogens (tertiary/aromatic N) is 3. The summed E-state index contributed by atoms with van der Waals surface area (Å²) in [4.78, 5) is 11.1. The summed E-state index contributed by atoms with van der Waals surface area (Å²) in [6.45, 7) is 1.99. The summed E-state index contributed by atoms with van der Waals surface area (Å²) < 4.78 is 7.27. The molecule has 6 nitrogen and oxygen atoms in total. The third-order valence-corrected chi connectivity index (χ3v) is 2.59. The fourth-order valence-corrected chi connectivity index (χ4v) is 1.59. The first-order chi connectivity index (χ1) is 8.59. The molecule has 18 heavy (non-hydrogen) atoms. The fraction of sp³-hybridized carbons (Fsp3) is 0.250. The standard InChI is InChI=1S/C12H13N3O3/c1-8-4-3-5-9(12(16)17)11(8)18-6-10-14-13-7-15(10)2/h3-5,7H,6H2,1-2H3,(H,16,17). The third-order valence-electron chi connectivity index (χ3n) is 2.59. The van der Waals surface area contributed by atoms with Crippen molar-refractivity contribution in [2.45, 2.75) is 13.5 Å². The number of para-hydroxylation sites is 1. The van der Waals surface area contributed by atoms with Gasteiger partial charge in [0.1, 0.15) is 24.2 Å². The molecule has 0 saturated carbocycles. The topological polar surface area (TPSA) is 77.2 Å². The Balaban J connectivity index is 2.24. The number of hydrogen-bond donors (Lipinski definition) is 1. The summed E-state index contributed by atoms with van der Waals surface area (Å²) in [5.74, 6) is -0.00532.